The lowest BCUT2D eigenvalue weighted by Crippen LogP contribution is -2.62. The van der Waals surface area contributed by atoms with E-state index in [-0.39, 0.29) is 17.9 Å². The van der Waals surface area contributed by atoms with Gasteiger partial charge in [-0.15, -0.1) is 0 Å². The number of amides is 2. The highest BCUT2D eigenvalue weighted by atomic mass is 16.5. The van der Waals surface area contributed by atoms with Gasteiger partial charge in [-0.05, 0) is 37.5 Å². The summed E-state index contributed by atoms with van der Waals surface area (Å²) in [7, 11) is 1.63. The van der Waals surface area contributed by atoms with Gasteiger partial charge in [0, 0.05) is 6.54 Å². The zero-order valence-corrected chi connectivity index (χ0v) is 12.8. The monoisotopic (exact) mass is 290 g/mol. The second kappa shape index (κ2) is 6.61. The Bertz CT molecular complexity index is 530. The zero-order chi connectivity index (χ0) is 15.4. The molecule has 2 amide bonds. The summed E-state index contributed by atoms with van der Waals surface area (Å²) in [6.45, 7) is 4.21. The van der Waals surface area contributed by atoms with Crippen molar-refractivity contribution in [3.05, 3.63) is 29.8 Å². The summed E-state index contributed by atoms with van der Waals surface area (Å²) in [5, 5.41) is 2.76. The Morgan fingerprint density at radius 2 is 2.10 bits per heavy atom. The van der Waals surface area contributed by atoms with Crippen molar-refractivity contribution in [2.75, 3.05) is 13.7 Å². The molecule has 21 heavy (non-hydrogen) atoms. The van der Waals surface area contributed by atoms with Crippen molar-refractivity contribution < 1.29 is 14.3 Å². The second-order valence-electron chi connectivity index (χ2n) is 5.28. The van der Waals surface area contributed by atoms with Crippen LogP contribution in [0.4, 0.5) is 0 Å². The van der Waals surface area contributed by atoms with Crippen LogP contribution in [0.2, 0.25) is 0 Å². The third-order valence-corrected chi connectivity index (χ3v) is 3.93. The first-order valence-corrected chi connectivity index (χ1v) is 7.30. The second-order valence-corrected chi connectivity index (χ2v) is 5.28. The molecule has 2 unspecified atom stereocenters. The lowest BCUT2D eigenvalue weighted by Gasteiger charge is -2.37. The fraction of sp³-hybridized carbons (Fsp3) is 0.500. The Hall–Kier alpha value is -2.04. The van der Waals surface area contributed by atoms with E-state index in [1.165, 1.54) is 0 Å². The standard InChI is InChI=1S/C16H22N2O3/c1-4-14-16(20)18(11(2)15(19)17-14)9-8-12-6-5-7-13(10-12)21-3/h5-7,10-11,14H,4,8-9H2,1-3H3,(H,17,19). The van der Waals surface area contributed by atoms with Crippen LogP contribution in [0.15, 0.2) is 24.3 Å². The topological polar surface area (TPSA) is 58.6 Å². The Balaban J connectivity index is 2.06. The lowest BCUT2D eigenvalue weighted by atomic mass is 10.0. The normalized spacial score (nSPS) is 22.1. The SMILES string of the molecule is CCC1NC(=O)C(C)N(CCc2cccc(OC)c2)C1=O. The Labute approximate surface area is 125 Å². The lowest BCUT2D eigenvalue weighted by molar-refractivity contribution is -0.148. The van der Waals surface area contributed by atoms with Crippen molar-refractivity contribution in [3.8, 4) is 5.75 Å². The first kappa shape index (κ1) is 15.4. The molecule has 114 valence electrons. The minimum absolute atomic E-state index is 0.00694. The largest absolute Gasteiger partial charge is 0.497 e. The molecule has 2 atom stereocenters. The first-order valence-electron chi connectivity index (χ1n) is 7.30. The molecule has 1 saturated heterocycles. The minimum Gasteiger partial charge on any atom is -0.497 e. The average Bonchev–Trinajstić information content (AvgIpc) is 2.51. The average molecular weight is 290 g/mol. The molecular formula is C16H22N2O3. The number of carbonyl (C=O) groups is 2. The molecule has 0 aromatic heterocycles. The number of nitrogens with zero attached hydrogens (tertiary/aromatic N) is 1. The van der Waals surface area contributed by atoms with Crippen LogP contribution in [-0.4, -0.2) is 42.5 Å². The van der Waals surface area contributed by atoms with Gasteiger partial charge in [0.25, 0.3) is 0 Å². The maximum absolute atomic E-state index is 12.3. The van der Waals surface area contributed by atoms with Gasteiger partial charge in [0.15, 0.2) is 0 Å². The van der Waals surface area contributed by atoms with Crippen LogP contribution in [0.3, 0.4) is 0 Å². The molecule has 2 rings (SSSR count). The predicted molar refractivity (Wildman–Crippen MR) is 80.1 cm³/mol. The fourth-order valence-corrected chi connectivity index (χ4v) is 2.54. The molecule has 5 nitrogen and oxygen atoms in total. The number of rotatable bonds is 5. The van der Waals surface area contributed by atoms with Gasteiger partial charge < -0.3 is 15.0 Å². The van der Waals surface area contributed by atoms with Gasteiger partial charge in [0.2, 0.25) is 11.8 Å². The number of benzene rings is 1. The molecule has 0 radical (unpaired) electrons. The Morgan fingerprint density at radius 3 is 2.76 bits per heavy atom. The Kier molecular flexibility index (Phi) is 4.83. The number of hydrogen-bond acceptors (Lipinski definition) is 3. The quantitative estimate of drug-likeness (QED) is 0.891. The molecule has 0 aliphatic carbocycles. The number of hydrogen-bond donors (Lipinski definition) is 1. The van der Waals surface area contributed by atoms with Gasteiger partial charge in [-0.1, -0.05) is 19.1 Å². The van der Waals surface area contributed by atoms with Crippen LogP contribution in [0.1, 0.15) is 25.8 Å². The van der Waals surface area contributed by atoms with Gasteiger partial charge in [0.05, 0.1) is 7.11 Å². The van der Waals surface area contributed by atoms with Gasteiger partial charge >= 0.3 is 0 Å². The molecule has 1 aromatic carbocycles. The van der Waals surface area contributed by atoms with Crippen LogP contribution >= 0.6 is 0 Å². The number of ether oxygens (including phenoxy) is 1. The molecule has 0 saturated carbocycles. The maximum Gasteiger partial charge on any atom is 0.245 e. The molecule has 1 heterocycles. The highest BCUT2D eigenvalue weighted by molar-refractivity contribution is 5.96. The van der Waals surface area contributed by atoms with E-state index >= 15 is 0 Å². The van der Waals surface area contributed by atoms with E-state index in [1.807, 2.05) is 31.2 Å². The summed E-state index contributed by atoms with van der Waals surface area (Å²) in [6.07, 6.45) is 1.32. The van der Waals surface area contributed by atoms with Crippen molar-refractivity contribution in [2.24, 2.45) is 0 Å². The highest BCUT2D eigenvalue weighted by Crippen LogP contribution is 2.16. The molecule has 5 heteroatoms. The summed E-state index contributed by atoms with van der Waals surface area (Å²) in [6, 6.07) is 6.97. The molecule has 0 spiro atoms. The van der Waals surface area contributed by atoms with E-state index in [1.54, 1.807) is 18.9 Å². The van der Waals surface area contributed by atoms with E-state index in [0.717, 1.165) is 11.3 Å². The Morgan fingerprint density at radius 1 is 1.33 bits per heavy atom. The van der Waals surface area contributed by atoms with Gasteiger partial charge in [-0.25, -0.2) is 0 Å². The summed E-state index contributed by atoms with van der Waals surface area (Å²) >= 11 is 0. The van der Waals surface area contributed by atoms with E-state index in [4.69, 9.17) is 4.74 Å². The van der Waals surface area contributed by atoms with E-state index in [0.29, 0.717) is 19.4 Å². The minimum atomic E-state index is -0.411. The van der Waals surface area contributed by atoms with Crippen molar-refractivity contribution in [1.29, 1.82) is 0 Å². The zero-order valence-electron chi connectivity index (χ0n) is 12.8. The summed E-state index contributed by atoms with van der Waals surface area (Å²) in [4.78, 5) is 25.9. The van der Waals surface area contributed by atoms with Crippen molar-refractivity contribution >= 4 is 11.8 Å². The molecule has 1 N–H and O–H groups in total. The van der Waals surface area contributed by atoms with Crippen LogP contribution in [0, 0.1) is 0 Å². The van der Waals surface area contributed by atoms with E-state index in [9.17, 15) is 9.59 Å². The van der Waals surface area contributed by atoms with Crippen LogP contribution in [0.5, 0.6) is 5.75 Å². The third kappa shape index (κ3) is 3.35. The van der Waals surface area contributed by atoms with Gasteiger partial charge in [0.1, 0.15) is 17.8 Å². The van der Waals surface area contributed by atoms with Crippen LogP contribution in [-0.2, 0) is 16.0 Å². The number of methoxy groups -OCH3 is 1. The van der Waals surface area contributed by atoms with Gasteiger partial charge in [-0.3, -0.25) is 9.59 Å². The maximum atomic E-state index is 12.3. The van der Waals surface area contributed by atoms with Crippen molar-refractivity contribution in [1.82, 2.24) is 10.2 Å². The molecule has 1 fully saturated rings. The van der Waals surface area contributed by atoms with E-state index in [2.05, 4.69) is 5.32 Å². The highest BCUT2D eigenvalue weighted by Gasteiger charge is 2.36. The number of piperazine rings is 1. The van der Waals surface area contributed by atoms with E-state index < -0.39 is 6.04 Å². The molecule has 1 aliphatic heterocycles. The van der Waals surface area contributed by atoms with Crippen molar-refractivity contribution in [3.63, 3.8) is 0 Å². The fourth-order valence-electron chi connectivity index (χ4n) is 2.54. The van der Waals surface area contributed by atoms with Crippen LogP contribution in [0.25, 0.3) is 0 Å². The molecule has 1 aromatic rings. The third-order valence-electron chi connectivity index (χ3n) is 3.93. The summed E-state index contributed by atoms with van der Waals surface area (Å²) in [5.41, 5.74) is 1.09. The first-order chi connectivity index (χ1) is 10.1. The smallest absolute Gasteiger partial charge is 0.245 e. The summed E-state index contributed by atoms with van der Waals surface area (Å²) in [5.74, 6) is 0.731. The molecule has 1 aliphatic rings. The predicted octanol–water partition coefficient (Wildman–Crippen LogP) is 1.36. The number of nitrogens with one attached hydrogen (secondary N) is 1. The van der Waals surface area contributed by atoms with Crippen molar-refractivity contribution in [2.45, 2.75) is 38.8 Å². The molecular weight excluding hydrogens is 268 g/mol. The summed E-state index contributed by atoms with van der Waals surface area (Å²) < 4.78 is 5.20. The number of carbonyl (C=O) groups excluding carboxylic acids is 2. The molecule has 0 bridgehead atoms. The van der Waals surface area contributed by atoms with Gasteiger partial charge in [-0.2, -0.15) is 0 Å². The van der Waals surface area contributed by atoms with Crippen LogP contribution < -0.4 is 10.1 Å².